The van der Waals surface area contributed by atoms with Crippen molar-refractivity contribution in [2.75, 3.05) is 17.6 Å². The van der Waals surface area contributed by atoms with Gasteiger partial charge in [0.05, 0.1) is 12.2 Å². The minimum atomic E-state index is -0.174. The van der Waals surface area contributed by atoms with E-state index >= 15 is 0 Å². The second-order valence-corrected chi connectivity index (χ2v) is 7.12. The number of nitrogens with two attached hydrogens (primary N) is 1. The van der Waals surface area contributed by atoms with E-state index in [2.05, 4.69) is 27.0 Å². The number of nitrogens with one attached hydrogen (secondary N) is 1. The molecular weight excluding hydrogens is 406 g/mol. The molecule has 0 aliphatic rings. The monoisotopic (exact) mass is 429 g/mol. The van der Waals surface area contributed by atoms with Crippen molar-refractivity contribution < 1.29 is 9.90 Å². The fourth-order valence-corrected chi connectivity index (χ4v) is 3.40. The second-order valence-electron chi connectivity index (χ2n) is 7.12. The average molecular weight is 429 g/mol. The second kappa shape index (κ2) is 9.17. The number of phenolic OH excluding ortho intramolecular Hbond substituents is 1. The van der Waals surface area contributed by atoms with E-state index in [0.717, 1.165) is 5.56 Å². The van der Waals surface area contributed by atoms with E-state index in [1.165, 1.54) is 12.4 Å². The molecule has 2 heterocycles. The van der Waals surface area contributed by atoms with E-state index in [-0.39, 0.29) is 17.5 Å². The molecule has 2 aromatic heterocycles. The van der Waals surface area contributed by atoms with E-state index in [9.17, 15) is 9.90 Å². The fraction of sp³-hybridized carbons (Fsp3) is 0.130. The predicted molar refractivity (Wildman–Crippen MR) is 123 cm³/mol. The summed E-state index contributed by atoms with van der Waals surface area (Å²) in [5.41, 5.74) is 8.13. The number of aromatic hydroxyl groups is 1. The first kappa shape index (κ1) is 20.9. The minimum Gasteiger partial charge on any atom is -0.506 e. The van der Waals surface area contributed by atoms with E-state index in [1.807, 2.05) is 30.3 Å². The van der Waals surface area contributed by atoms with Gasteiger partial charge in [-0.1, -0.05) is 49.0 Å². The summed E-state index contributed by atoms with van der Waals surface area (Å²) in [4.78, 5) is 22.5. The van der Waals surface area contributed by atoms with Gasteiger partial charge in [0.1, 0.15) is 23.3 Å². The number of fused-ring (bicyclic) bond motifs is 1. The Morgan fingerprint density at radius 3 is 2.66 bits per heavy atom. The number of phenols is 1. The molecule has 9 nitrogen and oxygen atoms in total. The van der Waals surface area contributed by atoms with Gasteiger partial charge in [0.25, 0.3) is 0 Å². The van der Waals surface area contributed by atoms with Crippen molar-refractivity contribution in [3.63, 3.8) is 0 Å². The van der Waals surface area contributed by atoms with E-state index in [0.29, 0.717) is 42.2 Å². The normalized spacial score (nSPS) is 10.8. The Bertz CT molecular complexity index is 1250. The maximum absolute atomic E-state index is 12.4. The molecule has 0 unspecified atom stereocenters. The molecule has 0 radical (unpaired) electrons. The molecule has 162 valence electrons. The van der Waals surface area contributed by atoms with Crippen LogP contribution in [0.4, 0.5) is 17.3 Å². The molecule has 1 amide bonds. The first-order chi connectivity index (χ1) is 15.6. The summed E-state index contributed by atoms with van der Waals surface area (Å²) >= 11 is 0. The van der Waals surface area contributed by atoms with Crippen LogP contribution in [0.2, 0.25) is 0 Å². The van der Waals surface area contributed by atoms with E-state index < -0.39 is 0 Å². The number of rotatable bonds is 8. The SMILES string of the molecule is C=CC(=O)N(CCn1nc(Nc2ccccc2O)c2c(N)ncnc21)Cc1ccccc1. The van der Waals surface area contributed by atoms with Gasteiger partial charge in [0.2, 0.25) is 5.91 Å². The highest BCUT2D eigenvalue weighted by molar-refractivity contribution is 5.97. The highest BCUT2D eigenvalue weighted by atomic mass is 16.3. The van der Waals surface area contributed by atoms with Crippen molar-refractivity contribution in [1.82, 2.24) is 24.6 Å². The molecule has 2 aromatic carbocycles. The number of hydrogen-bond acceptors (Lipinski definition) is 7. The number of benzene rings is 2. The quantitative estimate of drug-likeness (QED) is 0.291. The van der Waals surface area contributed by atoms with Crippen LogP contribution in [0.5, 0.6) is 5.75 Å². The van der Waals surface area contributed by atoms with Gasteiger partial charge >= 0.3 is 0 Å². The summed E-state index contributed by atoms with van der Waals surface area (Å²) in [5, 5.41) is 18.4. The maximum Gasteiger partial charge on any atom is 0.246 e. The number of nitrogen functional groups attached to an aromatic ring is 1. The van der Waals surface area contributed by atoms with Crippen LogP contribution in [0.1, 0.15) is 5.56 Å². The zero-order chi connectivity index (χ0) is 22.5. The molecule has 9 heteroatoms. The van der Waals surface area contributed by atoms with E-state index in [1.54, 1.807) is 33.8 Å². The molecule has 0 bridgehead atoms. The maximum atomic E-state index is 12.4. The van der Waals surface area contributed by atoms with Gasteiger partial charge in [-0.25, -0.2) is 14.6 Å². The number of nitrogens with zero attached hydrogens (tertiary/aromatic N) is 5. The van der Waals surface area contributed by atoms with Crippen LogP contribution in [0, 0.1) is 0 Å². The number of carbonyl (C=O) groups excluding carboxylic acids is 1. The minimum absolute atomic E-state index is 0.0798. The topological polar surface area (TPSA) is 122 Å². The van der Waals surface area contributed by atoms with Crippen LogP contribution < -0.4 is 11.1 Å². The number of para-hydroxylation sites is 2. The van der Waals surface area contributed by atoms with Crippen LogP contribution in [-0.2, 0) is 17.9 Å². The molecule has 0 atom stereocenters. The third kappa shape index (κ3) is 4.36. The molecule has 0 saturated carbocycles. The van der Waals surface area contributed by atoms with Gasteiger partial charge in [-0.05, 0) is 23.8 Å². The average Bonchev–Trinajstić information content (AvgIpc) is 3.17. The Hall–Kier alpha value is -4.40. The Kier molecular flexibility index (Phi) is 5.98. The van der Waals surface area contributed by atoms with Crippen LogP contribution >= 0.6 is 0 Å². The largest absolute Gasteiger partial charge is 0.506 e. The number of carbonyl (C=O) groups is 1. The lowest BCUT2D eigenvalue weighted by molar-refractivity contribution is -0.126. The van der Waals surface area contributed by atoms with E-state index in [4.69, 9.17) is 5.73 Å². The Morgan fingerprint density at radius 1 is 1.16 bits per heavy atom. The van der Waals surface area contributed by atoms with Crippen LogP contribution in [-0.4, -0.2) is 42.2 Å². The molecule has 0 fully saturated rings. The van der Waals surface area contributed by atoms with Crippen molar-refractivity contribution >= 4 is 34.3 Å². The lowest BCUT2D eigenvalue weighted by Crippen LogP contribution is -2.32. The van der Waals surface area contributed by atoms with Crippen molar-refractivity contribution in [3.05, 3.63) is 79.1 Å². The van der Waals surface area contributed by atoms with Crippen molar-refractivity contribution in [3.8, 4) is 5.75 Å². The van der Waals surface area contributed by atoms with Crippen LogP contribution in [0.15, 0.2) is 73.6 Å². The van der Waals surface area contributed by atoms with Crippen molar-refractivity contribution in [2.24, 2.45) is 0 Å². The molecule has 32 heavy (non-hydrogen) atoms. The van der Waals surface area contributed by atoms with Gasteiger partial charge in [0.15, 0.2) is 11.5 Å². The summed E-state index contributed by atoms with van der Waals surface area (Å²) in [6, 6.07) is 16.6. The number of aromatic nitrogens is 4. The Morgan fingerprint density at radius 2 is 1.91 bits per heavy atom. The van der Waals surface area contributed by atoms with Crippen LogP contribution in [0.25, 0.3) is 11.0 Å². The number of hydrogen-bond donors (Lipinski definition) is 3. The van der Waals surface area contributed by atoms with Gasteiger partial charge in [-0.15, -0.1) is 0 Å². The molecule has 0 aliphatic heterocycles. The third-order valence-electron chi connectivity index (χ3n) is 5.00. The summed E-state index contributed by atoms with van der Waals surface area (Å²) in [7, 11) is 0. The molecule has 4 N–H and O–H groups in total. The highest BCUT2D eigenvalue weighted by Crippen LogP contribution is 2.31. The number of anilines is 3. The number of amides is 1. The molecule has 0 saturated heterocycles. The molecule has 4 aromatic rings. The predicted octanol–water partition coefficient (Wildman–Crippen LogP) is 3.07. The Balaban J connectivity index is 1.62. The summed E-state index contributed by atoms with van der Waals surface area (Å²) < 4.78 is 1.67. The lowest BCUT2D eigenvalue weighted by atomic mass is 10.2. The lowest BCUT2D eigenvalue weighted by Gasteiger charge is -2.21. The van der Waals surface area contributed by atoms with Crippen LogP contribution in [0.3, 0.4) is 0 Å². The molecule has 4 rings (SSSR count). The molecule has 0 spiro atoms. The summed E-state index contributed by atoms with van der Waals surface area (Å²) in [6.07, 6.45) is 2.67. The first-order valence-electron chi connectivity index (χ1n) is 10.0. The zero-order valence-electron chi connectivity index (χ0n) is 17.3. The van der Waals surface area contributed by atoms with Crippen molar-refractivity contribution in [2.45, 2.75) is 13.1 Å². The standard InChI is InChI=1S/C23H23N7O2/c1-2-19(32)29(14-16-8-4-3-5-9-16)12-13-30-23-20(21(24)25-15-26-23)22(28-30)27-17-10-6-7-11-18(17)31/h2-11,15,31H,1,12-14H2,(H,27,28)(H2,24,25,26). The zero-order valence-corrected chi connectivity index (χ0v) is 17.3. The van der Waals surface area contributed by atoms with Gasteiger partial charge in [0, 0.05) is 13.1 Å². The molecular formula is C23H23N7O2. The third-order valence-corrected chi connectivity index (χ3v) is 5.00. The first-order valence-corrected chi connectivity index (χ1v) is 10.0. The highest BCUT2D eigenvalue weighted by Gasteiger charge is 2.18. The van der Waals surface area contributed by atoms with Gasteiger partial charge in [-0.3, -0.25) is 4.79 Å². The smallest absolute Gasteiger partial charge is 0.246 e. The summed E-state index contributed by atoms with van der Waals surface area (Å²) in [5.74, 6) is 0.593. The summed E-state index contributed by atoms with van der Waals surface area (Å²) in [6.45, 7) is 4.83. The molecule has 0 aliphatic carbocycles. The van der Waals surface area contributed by atoms with Gasteiger partial charge < -0.3 is 21.1 Å². The Labute approximate surface area is 184 Å². The van der Waals surface area contributed by atoms with Crippen molar-refractivity contribution in [1.29, 1.82) is 0 Å². The van der Waals surface area contributed by atoms with Gasteiger partial charge in [-0.2, -0.15) is 5.10 Å². The fourth-order valence-electron chi connectivity index (χ4n) is 3.40.